The van der Waals surface area contributed by atoms with Gasteiger partial charge in [-0.25, -0.2) is 21.8 Å². The smallest absolute Gasteiger partial charge is 0.198 e. The number of hydrogen-bond donors (Lipinski definition) is 4. The summed E-state index contributed by atoms with van der Waals surface area (Å²) in [4.78, 5) is 9.09. The number of nitrogens with zero attached hydrogens (tertiary/aromatic N) is 4. The van der Waals surface area contributed by atoms with E-state index in [0.29, 0.717) is 39.5 Å². The van der Waals surface area contributed by atoms with Crippen molar-refractivity contribution in [2.75, 3.05) is 28.7 Å². The fourth-order valence-electron chi connectivity index (χ4n) is 7.48. The van der Waals surface area contributed by atoms with Crippen LogP contribution in [0.4, 0.5) is 17.3 Å². The van der Waals surface area contributed by atoms with Gasteiger partial charge in [-0.15, -0.1) is 0 Å². The molecule has 7 rings (SSSR count). The topological polar surface area (TPSA) is 251 Å². The number of fused-ring (bicyclic) bond motifs is 1. The van der Waals surface area contributed by atoms with Crippen molar-refractivity contribution in [1.82, 2.24) is 20.3 Å². The molecule has 14 nitrogen and oxygen atoms in total. The molecule has 53 heavy (non-hydrogen) atoms. The van der Waals surface area contributed by atoms with Crippen LogP contribution in [0, 0.1) is 49.8 Å². The van der Waals surface area contributed by atoms with Crippen LogP contribution in [0.5, 0.6) is 0 Å². The summed E-state index contributed by atoms with van der Waals surface area (Å²) >= 11 is 2.45. The molecule has 0 atom stereocenters. The fraction of sp³-hybridized carbons (Fsp3) is 0.444. The molecule has 2 aliphatic rings. The minimum Gasteiger partial charge on any atom is -0.397 e. The molecule has 0 bridgehead atoms. The van der Waals surface area contributed by atoms with Crippen molar-refractivity contribution in [2.45, 2.75) is 88.9 Å². The first-order valence-corrected chi connectivity index (χ1v) is 21.5. The second-order valence-electron chi connectivity index (χ2n) is 13.8. The van der Waals surface area contributed by atoms with Crippen molar-refractivity contribution in [3.05, 3.63) is 47.2 Å². The van der Waals surface area contributed by atoms with E-state index in [9.17, 15) is 16.8 Å². The van der Waals surface area contributed by atoms with Gasteiger partial charge in [-0.3, -0.25) is 0 Å². The molecule has 284 valence electrons. The molecular weight excluding hydrogens is 784 g/mol. The second-order valence-corrected chi connectivity index (χ2v) is 18.2. The van der Waals surface area contributed by atoms with Gasteiger partial charge in [0.25, 0.3) is 0 Å². The second kappa shape index (κ2) is 16.3. The van der Waals surface area contributed by atoms with E-state index in [0.717, 1.165) is 68.1 Å². The number of nitriles is 1. The van der Waals surface area contributed by atoms with Crippen LogP contribution in [-0.2, 0) is 19.7 Å². The number of nitrogen functional groups attached to an aromatic ring is 3. The van der Waals surface area contributed by atoms with Gasteiger partial charge in [0.1, 0.15) is 22.0 Å². The molecule has 7 N–H and O–H groups in total. The SMILES string of the molecule is Cc1noc(C)c1-c1cc(N)c(N)c(S(=O)(=O)CC2CCCC2)c1.Cc1noc(C)c1-c1cc(S(=O)(=O)CC2CCCC2)c2nc(N)[nH]c2c1.N#CBr. The molecular formula is C36H45BrN8O6S2. The Morgan fingerprint density at radius 1 is 0.774 bits per heavy atom. The van der Waals surface area contributed by atoms with Crippen molar-refractivity contribution < 1.29 is 25.9 Å². The summed E-state index contributed by atoms with van der Waals surface area (Å²) in [6.07, 6.45) is 8.24. The van der Waals surface area contributed by atoms with Crippen molar-refractivity contribution in [1.29, 1.82) is 5.26 Å². The first-order valence-electron chi connectivity index (χ1n) is 17.4. The number of halogens is 1. The number of benzene rings is 2. The van der Waals surface area contributed by atoms with E-state index in [4.69, 9.17) is 31.5 Å². The number of aromatic amines is 1. The number of nitrogens with two attached hydrogens (primary N) is 3. The molecule has 0 saturated heterocycles. The van der Waals surface area contributed by atoms with Gasteiger partial charge >= 0.3 is 0 Å². The Kier molecular flexibility index (Phi) is 12.3. The van der Waals surface area contributed by atoms with Crippen LogP contribution < -0.4 is 17.2 Å². The lowest BCUT2D eigenvalue weighted by molar-refractivity contribution is 0.393. The number of imidazole rings is 1. The molecule has 0 radical (unpaired) electrons. The lowest BCUT2D eigenvalue weighted by atomic mass is 10.0. The Morgan fingerprint density at radius 2 is 1.21 bits per heavy atom. The zero-order valence-corrected chi connectivity index (χ0v) is 33.4. The number of aryl methyl sites for hydroxylation is 4. The summed E-state index contributed by atoms with van der Waals surface area (Å²) in [6.45, 7) is 7.25. The number of anilines is 3. The highest BCUT2D eigenvalue weighted by Crippen LogP contribution is 2.38. The average Bonchev–Trinajstić information content (AvgIpc) is 3.93. The molecule has 2 aliphatic carbocycles. The minimum absolute atomic E-state index is 0.115. The van der Waals surface area contributed by atoms with E-state index in [1.165, 1.54) is 0 Å². The fourth-order valence-corrected chi connectivity index (χ4v) is 11.3. The number of nitrogens with one attached hydrogen (secondary N) is 1. The van der Waals surface area contributed by atoms with Crippen LogP contribution in [0.1, 0.15) is 74.3 Å². The zero-order chi connectivity index (χ0) is 38.7. The highest BCUT2D eigenvalue weighted by atomic mass is 79.9. The van der Waals surface area contributed by atoms with Gasteiger partial charge < -0.3 is 31.2 Å². The first-order chi connectivity index (χ1) is 25.1. The quantitative estimate of drug-likeness (QED) is 0.112. The van der Waals surface area contributed by atoms with Crippen LogP contribution >= 0.6 is 15.9 Å². The molecule has 0 amide bonds. The highest BCUT2D eigenvalue weighted by molar-refractivity contribution is 9.12. The molecule has 0 aliphatic heterocycles. The summed E-state index contributed by atoms with van der Waals surface area (Å²) in [5.74, 6) is 2.17. The Bertz CT molecular complexity index is 2330. The third kappa shape index (κ3) is 8.88. The standard InChI is InChI=1S/C18H22N4O3S.C17H23N3O3S.CBrN/c1-10-16(11(2)25-22-10)13-7-14-17(21-18(19)20-14)15(8-13)26(23,24)9-12-5-3-4-6-12;1-10-16(11(2)23-20-10)13-7-14(18)17(19)15(8-13)24(21,22)9-12-5-3-4-6-12;2-1-3/h7-8,12H,3-6,9H2,1-2H3,(H3,19,20,21);7-8,12H,3-6,9,18-19H2,1-2H3;. The Hall–Kier alpha value is -4.40. The number of rotatable bonds is 8. The maximum Gasteiger partial charge on any atom is 0.198 e. The van der Waals surface area contributed by atoms with E-state index in [1.807, 2.05) is 26.8 Å². The predicted octanol–water partition coefficient (Wildman–Crippen LogP) is 7.33. The van der Waals surface area contributed by atoms with Crippen molar-refractivity contribution in [3.8, 4) is 27.2 Å². The van der Waals surface area contributed by atoms with Gasteiger partial charge in [-0.05, 0) is 101 Å². The molecule has 0 spiro atoms. The molecule has 2 aromatic carbocycles. The predicted molar refractivity (Wildman–Crippen MR) is 208 cm³/mol. The number of H-pyrrole nitrogens is 1. The third-order valence-electron chi connectivity index (χ3n) is 9.92. The monoisotopic (exact) mass is 828 g/mol. The number of hydrogen-bond acceptors (Lipinski definition) is 13. The molecule has 3 aromatic heterocycles. The highest BCUT2D eigenvalue weighted by Gasteiger charge is 2.29. The zero-order valence-electron chi connectivity index (χ0n) is 30.2. The van der Waals surface area contributed by atoms with Gasteiger partial charge in [0, 0.05) is 27.1 Å². The summed E-state index contributed by atoms with van der Waals surface area (Å²) in [5.41, 5.74) is 23.6. The van der Waals surface area contributed by atoms with Crippen LogP contribution in [0.25, 0.3) is 33.3 Å². The summed E-state index contributed by atoms with van der Waals surface area (Å²) in [6, 6.07) is 6.80. The largest absolute Gasteiger partial charge is 0.397 e. The van der Waals surface area contributed by atoms with Crippen molar-refractivity contribution in [2.24, 2.45) is 11.8 Å². The summed E-state index contributed by atoms with van der Waals surface area (Å²) < 4.78 is 62.5. The molecule has 3 heterocycles. The van der Waals surface area contributed by atoms with Gasteiger partial charge in [0.05, 0.1) is 49.6 Å². The maximum atomic E-state index is 13.2. The number of sulfone groups is 2. The Morgan fingerprint density at radius 3 is 1.66 bits per heavy atom. The van der Waals surface area contributed by atoms with Gasteiger partial charge in [-0.2, -0.15) is 5.26 Å². The van der Waals surface area contributed by atoms with E-state index in [2.05, 4.69) is 36.2 Å². The third-order valence-corrected chi connectivity index (χ3v) is 13.7. The molecule has 17 heteroatoms. The summed E-state index contributed by atoms with van der Waals surface area (Å²) in [7, 11) is -6.98. The lowest BCUT2D eigenvalue weighted by Gasteiger charge is -2.15. The Labute approximate surface area is 317 Å². The summed E-state index contributed by atoms with van der Waals surface area (Å²) in [5, 5.41) is 15.1. The first kappa shape index (κ1) is 39.8. The van der Waals surface area contributed by atoms with Crippen LogP contribution in [0.3, 0.4) is 0 Å². The van der Waals surface area contributed by atoms with Gasteiger partial charge in [-0.1, -0.05) is 36.0 Å². The Balaban J connectivity index is 0.000000191. The van der Waals surface area contributed by atoms with Gasteiger partial charge in [0.15, 0.2) is 25.6 Å². The molecule has 2 saturated carbocycles. The van der Waals surface area contributed by atoms with Crippen LogP contribution in [-0.4, -0.2) is 48.6 Å². The van der Waals surface area contributed by atoms with Crippen molar-refractivity contribution >= 4 is 64.0 Å². The normalized spacial score (nSPS) is 15.2. The number of aromatic nitrogens is 4. The minimum atomic E-state index is -3.49. The van der Waals surface area contributed by atoms with E-state index in [-0.39, 0.29) is 50.5 Å². The van der Waals surface area contributed by atoms with E-state index in [1.54, 1.807) is 30.1 Å². The van der Waals surface area contributed by atoms with E-state index < -0.39 is 19.7 Å². The molecule has 2 fully saturated rings. The molecule has 5 aromatic rings. The van der Waals surface area contributed by atoms with E-state index >= 15 is 0 Å². The maximum absolute atomic E-state index is 13.2. The molecule has 0 unspecified atom stereocenters. The van der Waals surface area contributed by atoms with Gasteiger partial charge in [0.2, 0.25) is 0 Å². The van der Waals surface area contributed by atoms with Crippen molar-refractivity contribution in [3.63, 3.8) is 0 Å². The van der Waals surface area contributed by atoms with Crippen LogP contribution in [0.2, 0.25) is 0 Å². The van der Waals surface area contributed by atoms with Crippen LogP contribution in [0.15, 0.2) is 43.1 Å². The average molecular weight is 830 g/mol. The lowest BCUT2D eigenvalue weighted by Crippen LogP contribution is -2.16.